The number of carbonyl (C=O) groups excluding carboxylic acids is 2. The summed E-state index contributed by atoms with van der Waals surface area (Å²) in [5, 5.41) is 5.30. The van der Waals surface area contributed by atoms with Gasteiger partial charge < -0.3 is 26.1 Å². The molecule has 1 aromatic carbocycles. The van der Waals surface area contributed by atoms with Crippen LogP contribution in [-0.2, 0) is 24.3 Å². The Labute approximate surface area is 195 Å². The van der Waals surface area contributed by atoms with E-state index >= 15 is 0 Å². The van der Waals surface area contributed by atoms with E-state index in [1.54, 1.807) is 19.3 Å². The zero-order valence-electron chi connectivity index (χ0n) is 17.2. The number of imidazole rings is 1. The van der Waals surface area contributed by atoms with Gasteiger partial charge in [-0.1, -0.05) is 23.2 Å². The Morgan fingerprint density at radius 2 is 1.97 bits per heavy atom. The number of aromatic nitrogens is 2. The number of amides is 1. The molecule has 0 spiro atoms. The average molecular weight is 507 g/mol. The van der Waals surface area contributed by atoms with Gasteiger partial charge in [-0.25, -0.2) is 13.4 Å². The van der Waals surface area contributed by atoms with Gasteiger partial charge in [0, 0.05) is 18.9 Å². The van der Waals surface area contributed by atoms with Gasteiger partial charge in [-0.15, -0.1) is 0 Å². The van der Waals surface area contributed by atoms with Crippen LogP contribution in [0.5, 0.6) is 0 Å². The number of nitrogens with one attached hydrogen (secondary N) is 4. The molecule has 1 heterocycles. The third-order valence-electron chi connectivity index (χ3n) is 4.15. The van der Waals surface area contributed by atoms with E-state index in [-0.39, 0.29) is 33.7 Å². The lowest BCUT2D eigenvalue weighted by atomic mass is 10.1. The summed E-state index contributed by atoms with van der Waals surface area (Å²) in [6, 6.07) is 1.09. The lowest BCUT2D eigenvalue weighted by Gasteiger charge is -2.19. The number of aromatic amines is 1. The number of nitrogens with zero attached hydrogens (tertiary/aromatic N) is 1. The highest BCUT2D eigenvalue weighted by Crippen LogP contribution is 2.30. The van der Waals surface area contributed by atoms with Gasteiger partial charge in [-0.3, -0.25) is 9.59 Å². The Balaban J connectivity index is 2.10. The summed E-state index contributed by atoms with van der Waals surface area (Å²) in [5.74, 6) is -0.786. The molecule has 1 aromatic heterocycles. The molecule has 0 saturated heterocycles. The number of nitrogen functional groups attached to an aromatic ring is 1. The summed E-state index contributed by atoms with van der Waals surface area (Å²) < 4.78 is 32.8. The molecule has 0 radical (unpaired) electrons. The van der Waals surface area contributed by atoms with Gasteiger partial charge in [-0.05, 0) is 31.9 Å². The molecule has 6 N–H and O–H groups in total. The van der Waals surface area contributed by atoms with Crippen LogP contribution in [0.3, 0.4) is 0 Å². The Kier molecular flexibility index (Phi) is 9.57. The van der Waals surface area contributed by atoms with E-state index < -0.39 is 34.5 Å². The van der Waals surface area contributed by atoms with Gasteiger partial charge in [0.1, 0.15) is 12.6 Å². The van der Waals surface area contributed by atoms with E-state index in [0.29, 0.717) is 18.9 Å². The van der Waals surface area contributed by atoms with Crippen molar-refractivity contribution in [1.82, 2.24) is 20.0 Å². The first kappa shape index (κ1) is 25.7. The molecule has 2 aromatic rings. The van der Waals surface area contributed by atoms with E-state index in [1.807, 2.05) is 0 Å². The van der Waals surface area contributed by atoms with Crippen LogP contribution in [0.1, 0.15) is 19.8 Å². The molecule has 1 atom stereocenters. The van der Waals surface area contributed by atoms with Crippen LogP contribution in [0.15, 0.2) is 29.4 Å². The van der Waals surface area contributed by atoms with Crippen LogP contribution in [0.25, 0.3) is 0 Å². The molecule has 176 valence electrons. The fourth-order valence-corrected chi connectivity index (χ4v) is 4.48. The standard InChI is InChI=1S/C18H24Cl2N6O5S/c1-2-31-15(27)10-25-17(28)14(4-3-5-22-18-23-6-7-24-18)26-32(29,30)11-8-12(19)16(21)13(20)9-11/h6-9,14,26H,2-5,10,21H2,1H3,(H,25,28)(H2,22,23,24)/t14-/m0/s1. The number of benzene rings is 1. The normalized spacial score (nSPS) is 12.2. The molecule has 0 aliphatic rings. The Morgan fingerprint density at radius 3 is 2.56 bits per heavy atom. The molecule has 0 unspecified atom stereocenters. The molecule has 2 rings (SSSR count). The number of rotatable bonds is 12. The Morgan fingerprint density at radius 1 is 1.28 bits per heavy atom. The summed E-state index contributed by atoms with van der Waals surface area (Å²) >= 11 is 11.9. The fraction of sp³-hybridized carbons (Fsp3) is 0.389. The van der Waals surface area contributed by atoms with Crippen LogP contribution in [0, 0.1) is 0 Å². The van der Waals surface area contributed by atoms with Crippen LogP contribution in [-0.4, -0.2) is 56.0 Å². The first-order valence-electron chi connectivity index (χ1n) is 9.57. The number of halogens is 2. The van der Waals surface area contributed by atoms with E-state index in [4.69, 9.17) is 33.7 Å². The molecule has 0 aliphatic heterocycles. The van der Waals surface area contributed by atoms with Gasteiger partial charge in [0.15, 0.2) is 5.95 Å². The predicted octanol–water partition coefficient (Wildman–Crippen LogP) is 1.52. The number of ether oxygens (including phenoxy) is 1. The largest absolute Gasteiger partial charge is 0.465 e. The Hall–Kier alpha value is -2.54. The van der Waals surface area contributed by atoms with Crippen LogP contribution >= 0.6 is 23.2 Å². The number of carbonyl (C=O) groups is 2. The molecule has 14 heteroatoms. The van der Waals surface area contributed by atoms with Gasteiger partial charge in [0.2, 0.25) is 15.9 Å². The zero-order valence-corrected chi connectivity index (χ0v) is 19.5. The molecular formula is C18H24Cl2N6O5S. The topological polar surface area (TPSA) is 168 Å². The maximum atomic E-state index is 12.9. The monoisotopic (exact) mass is 506 g/mol. The minimum absolute atomic E-state index is 0.0381. The van der Waals surface area contributed by atoms with Crippen LogP contribution < -0.4 is 21.1 Å². The summed E-state index contributed by atoms with van der Waals surface area (Å²) in [6.07, 6.45) is 3.75. The molecular weight excluding hydrogens is 483 g/mol. The van der Waals surface area contributed by atoms with Crippen molar-refractivity contribution in [2.75, 3.05) is 30.7 Å². The summed E-state index contributed by atoms with van der Waals surface area (Å²) in [6.45, 7) is 1.80. The number of nitrogens with two attached hydrogens (primary N) is 1. The number of hydrogen-bond acceptors (Lipinski definition) is 8. The molecule has 32 heavy (non-hydrogen) atoms. The number of esters is 1. The zero-order chi connectivity index (χ0) is 23.7. The quantitative estimate of drug-likeness (QED) is 0.164. The van der Waals surface area contributed by atoms with Crippen molar-refractivity contribution in [3.8, 4) is 0 Å². The summed E-state index contributed by atoms with van der Waals surface area (Å²) in [5.41, 5.74) is 5.70. The molecule has 11 nitrogen and oxygen atoms in total. The maximum Gasteiger partial charge on any atom is 0.325 e. The summed E-state index contributed by atoms with van der Waals surface area (Å²) in [7, 11) is -4.19. The number of H-pyrrole nitrogens is 1. The summed E-state index contributed by atoms with van der Waals surface area (Å²) in [4.78, 5) is 30.8. The lowest BCUT2D eigenvalue weighted by molar-refractivity contribution is -0.143. The minimum atomic E-state index is -4.19. The molecule has 0 saturated carbocycles. The van der Waals surface area contributed by atoms with E-state index in [0.717, 1.165) is 12.1 Å². The molecule has 0 aliphatic carbocycles. The van der Waals surface area contributed by atoms with Crippen LogP contribution in [0.4, 0.5) is 11.6 Å². The van der Waals surface area contributed by atoms with Gasteiger partial charge in [0.25, 0.3) is 0 Å². The highest BCUT2D eigenvalue weighted by molar-refractivity contribution is 7.89. The van der Waals surface area contributed by atoms with Crippen molar-refractivity contribution in [1.29, 1.82) is 0 Å². The smallest absolute Gasteiger partial charge is 0.325 e. The number of anilines is 2. The second-order valence-electron chi connectivity index (χ2n) is 6.50. The van der Waals surface area contributed by atoms with Gasteiger partial charge in [-0.2, -0.15) is 4.72 Å². The van der Waals surface area contributed by atoms with Crippen molar-refractivity contribution < 1.29 is 22.7 Å². The van der Waals surface area contributed by atoms with Crippen molar-refractivity contribution in [2.45, 2.75) is 30.7 Å². The maximum absolute atomic E-state index is 12.9. The van der Waals surface area contributed by atoms with Crippen molar-refractivity contribution in [3.63, 3.8) is 0 Å². The van der Waals surface area contributed by atoms with E-state index in [9.17, 15) is 18.0 Å². The predicted molar refractivity (Wildman–Crippen MR) is 121 cm³/mol. The van der Waals surface area contributed by atoms with E-state index in [2.05, 4.69) is 25.3 Å². The van der Waals surface area contributed by atoms with Crippen molar-refractivity contribution >= 4 is 56.7 Å². The molecule has 0 bridgehead atoms. The lowest BCUT2D eigenvalue weighted by Crippen LogP contribution is -2.48. The van der Waals surface area contributed by atoms with E-state index in [1.165, 1.54) is 0 Å². The van der Waals surface area contributed by atoms with Crippen molar-refractivity contribution in [2.24, 2.45) is 0 Å². The number of hydrogen-bond donors (Lipinski definition) is 5. The molecule has 0 fully saturated rings. The first-order valence-corrected chi connectivity index (χ1v) is 11.8. The highest BCUT2D eigenvalue weighted by Gasteiger charge is 2.27. The second-order valence-corrected chi connectivity index (χ2v) is 9.03. The highest BCUT2D eigenvalue weighted by atomic mass is 35.5. The van der Waals surface area contributed by atoms with Gasteiger partial charge in [0.05, 0.1) is 27.2 Å². The minimum Gasteiger partial charge on any atom is -0.465 e. The third-order valence-corrected chi connectivity index (χ3v) is 6.23. The van der Waals surface area contributed by atoms with Crippen molar-refractivity contribution in [3.05, 3.63) is 34.6 Å². The van der Waals surface area contributed by atoms with Gasteiger partial charge >= 0.3 is 5.97 Å². The number of sulfonamides is 1. The molecule has 1 amide bonds. The third kappa shape index (κ3) is 7.55. The average Bonchev–Trinajstić information content (AvgIpc) is 3.25. The first-order chi connectivity index (χ1) is 15.1. The van der Waals surface area contributed by atoms with Crippen LogP contribution in [0.2, 0.25) is 10.0 Å². The second kappa shape index (κ2) is 11.9. The fourth-order valence-electron chi connectivity index (χ4n) is 2.58. The Bertz CT molecular complexity index is 1010. The SMILES string of the molecule is CCOC(=O)CNC(=O)[C@H](CCCNc1ncc[nH]1)NS(=O)(=O)c1cc(Cl)c(N)c(Cl)c1.